The van der Waals surface area contributed by atoms with E-state index in [-0.39, 0.29) is 5.78 Å². The molecule has 1 aromatic heterocycles. The first kappa shape index (κ1) is 15.2. The van der Waals surface area contributed by atoms with Crippen LogP contribution < -0.4 is 5.32 Å². The molecule has 0 aliphatic heterocycles. The molecular weight excluding hydrogens is 288 g/mol. The Bertz CT molecular complexity index is 652. The highest BCUT2D eigenvalue weighted by Gasteiger charge is 2.24. The number of aryl methyl sites for hydroxylation is 1. The molecule has 0 radical (unpaired) electrons. The van der Waals surface area contributed by atoms with E-state index in [0.29, 0.717) is 21.8 Å². The zero-order valence-corrected chi connectivity index (χ0v) is 12.9. The molecule has 2 rings (SSSR count). The number of hydrogen-bond acceptors (Lipinski definition) is 6. The summed E-state index contributed by atoms with van der Waals surface area (Å²) in [4.78, 5) is 24.4. The van der Waals surface area contributed by atoms with Gasteiger partial charge in [-0.2, -0.15) is 4.37 Å². The van der Waals surface area contributed by atoms with E-state index in [0.717, 1.165) is 0 Å². The van der Waals surface area contributed by atoms with Crippen LogP contribution in [0.3, 0.4) is 0 Å². The van der Waals surface area contributed by atoms with Crippen molar-refractivity contribution in [2.75, 3.05) is 12.4 Å². The molecule has 0 amide bonds. The number of ketones is 1. The molecule has 0 aliphatic carbocycles. The smallest absolute Gasteiger partial charge is 0.343 e. The second-order valence-corrected chi connectivity index (χ2v) is 5.27. The van der Waals surface area contributed by atoms with Gasteiger partial charge in [0.05, 0.1) is 5.69 Å². The Morgan fingerprint density at radius 3 is 2.57 bits per heavy atom. The molecule has 0 unspecified atom stereocenters. The molecule has 110 valence electrons. The number of hydrogen-bond donors (Lipinski definition) is 1. The summed E-state index contributed by atoms with van der Waals surface area (Å²) >= 11 is 1.19. The molecule has 1 heterocycles. The summed E-state index contributed by atoms with van der Waals surface area (Å²) in [5.41, 5.74) is 1.50. The third kappa shape index (κ3) is 3.28. The van der Waals surface area contributed by atoms with Gasteiger partial charge in [0.15, 0.2) is 6.10 Å². The van der Waals surface area contributed by atoms with Crippen LogP contribution in [0.25, 0.3) is 0 Å². The molecule has 0 saturated heterocycles. The molecule has 2 aromatic rings. The van der Waals surface area contributed by atoms with Crippen molar-refractivity contribution in [3.05, 3.63) is 47.2 Å². The number of nitrogens with one attached hydrogen (secondary N) is 1. The maximum absolute atomic E-state index is 12.2. The van der Waals surface area contributed by atoms with Gasteiger partial charge in [0.2, 0.25) is 5.78 Å². The molecule has 0 saturated carbocycles. The number of carbonyl (C=O) groups excluding carboxylic acids is 2. The highest BCUT2D eigenvalue weighted by Crippen LogP contribution is 2.25. The summed E-state index contributed by atoms with van der Waals surface area (Å²) < 4.78 is 9.38. The normalized spacial score (nSPS) is 11.8. The van der Waals surface area contributed by atoms with Crippen molar-refractivity contribution in [3.63, 3.8) is 0 Å². The minimum Gasteiger partial charge on any atom is -0.451 e. The standard InChI is InChI=1S/C15H16N2O3S/c1-9-12(14(16-3)21-17-9)15(19)20-10(2)13(18)11-7-5-4-6-8-11/h4-8,10,16H,1-3H3/t10-/m1/s1. The lowest BCUT2D eigenvalue weighted by molar-refractivity contribution is 0.0319. The minimum absolute atomic E-state index is 0.226. The lowest BCUT2D eigenvalue weighted by atomic mass is 10.1. The summed E-state index contributed by atoms with van der Waals surface area (Å²) in [5.74, 6) is -0.766. The number of benzene rings is 1. The molecule has 0 fully saturated rings. The van der Waals surface area contributed by atoms with E-state index in [1.807, 2.05) is 6.07 Å². The van der Waals surface area contributed by atoms with Crippen molar-refractivity contribution in [2.24, 2.45) is 0 Å². The highest BCUT2D eigenvalue weighted by atomic mass is 32.1. The van der Waals surface area contributed by atoms with Crippen LogP contribution in [0, 0.1) is 6.92 Å². The number of nitrogens with zero attached hydrogens (tertiary/aromatic N) is 1. The minimum atomic E-state index is -0.844. The van der Waals surface area contributed by atoms with E-state index >= 15 is 0 Å². The Kier molecular flexibility index (Phi) is 4.70. The van der Waals surface area contributed by atoms with E-state index in [2.05, 4.69) is 9.69 Å². The number of carbonyl (C=O) groups is 2. The van der Waals surface area contributed by atoms with Crippen molar-refractivity contribution in [2.45, 2.75) is 20.0 Å². The van der Waals surface area contributed by atoms with Crippen LogP contribution in [0.5, 0.6) is 0 Å². The first-order valence-electron chi connectivity index (χ1n) is 6.49. The van der Waals surface area contributed by atoms with Crippen LogP contribution in [-0.4, -0.2) is 29.3 Å². The Labute approximate surface area is 127 Å². The topological polar surface area (TPSA) is 68.3 Å². The fraction of sp³-hybridized carbons (Fsp3) is 0.267. The summed E-state index contributed by atoms with van der Waals surface area (Å²) in [6.07, 6.45) is -0.844. The fourth-order valence-electron chi connectivity index (χ4n) is 1.89. The fourth-order valence-corrected chi connectivity index (χ4v) is 2.62. The molecule has 21 heavy (non-hydrogen) atoms. The van der Waals surface area contributed by atoms with Crippen molar-refractivity contribution < 1.29 is 14.3 Å². The summed E-state index contributed by atoms with van der Waals surface area (Å²) in [6, 6.07) is 8.76. The zero-order valence-electron chi connectivity index (χ0n) is 12.0. The van der Waals surface area contributed by atoms with Crippen molar-refractivity contribution in [1.29, 1.82) is 0 Å². The predicted octanol–water partition coefficient (Wildman–Crippen LogP) is 2.92. The Balaban J connectivity index is 2.12. The lowest BCUT2D eigenvalue weighted by Gasteiger charge is -2.12. The molecular formula is C15H16N2O3S. The van der Waals surface area contributed by atoms with Crippen molar-refractivity contribution in [1.82, 2.24) is 4.37 Å². The molecule has 1 N–H and O–H groups in total. The van der Waals surface area contributed by atoms with Gasteiger partial charge in [-0.1, -0.05) is 30.3 Å². The summed E-state index contributed by atoms with van der Waals surface area (Å²) in [6.45, 7) is 3.30. The first-order valence-corrected chi connectivity index (χ1v) is 7.26. The van der Waals surface area contributed by atoms with Crippen LogP contribution in [0.2, 0.25) is 0 Å². The SMILES string of the molecule is CNc1snc(C)c1C(=O)O[C@H](C)C(=O)c1ccccc1. The molecule has 6 heteroatoms. The van der Waals surface area contributed by atoms with Crippen LogP contribution >= 0.6 is 11.5 Å². The number of aromatic nitrogens is 1. The van der Waals surface area contributed by atoms with Crippen molar-refractivity contribution >= 4 is 28.3 Å². The van der Waals surface area contributed by atoms with Gasteiger partial charge < -0.3 is 10.1 Å². The number of rotatable bonds is 5. The van der Waals surface area contributed by atoms with Gasteiger partial charge in [0.25, 0.3) is 0 Å². The van der Waals surface area contributed by atoms with Gasteiger partial charge in [0.1, 0.15) is 10.6 Å². The van der Waals surface area contributed by atoms with Gasteiger partial charge in [-0.15, -0.1) is 0 Å². The van der Waals surface area contributed by atoms with Gasteiger partial charge in [0, 0.05) is 12.6 Å². The number of ether oxygens (including phenoxy) is 1. The third-order valence-electron chi connectivity index (χ3n) is 3.01. The Morgan fingerprint density at radius 2 is 1.95 bits per heavy atom. The second kappa shape index (κ2) is 6.49. The van der Waals surface area contributed by atoms with Gasteiger partial charge in [-0.05, 0) is 25.4 Å². The van der Waals surface area contributed by atoms with Crippen LogP contribution in [0.15, 0.2) is 30.3 Å². The summed E-state index contributed by atoms with van der Waals surface area (Å²) in [7, 11) is 1.71. The molecule has 1 atom stereocenters. The monoisotopic (exact) mass is 304 g/mol. The maximum Gasteiger partial charge on any atom is 0.343 e. The van der Waals surface area contributed by atoms with Crippen LogP contribution in [0.4, 0.5) is 5.00 Å². The molecule has 0 bridgehead atoms. The van der Waals surface area contributed by atoms with E-state index in [4.69, 9.17) is 4.74 Å². The van der Waals surface area contributed by atoms with Crippen molar-refractivity contribution in [3.8, 4) is 0 Å². The Morgan fingerprint density at radius 1 is 1.29 bits per heavy atom. The predicted molar refractivity (Wildman–Crippen MR) is 82.0 cm³/mol. The third-order valence-corrected chi connectivity index (χ3v) is 3.96. The first-order chi connectivity index (χ1) is 10.0. The van der Waals surface area contributed by atoms with Gasteiger partial charge in [-0.3, -0.25) is 4.79 Å². The van der Waals surface area contributed by atoms with Gasteiger partial charge in [-0.25, -0.2) is 4.79 Å². The zero-order chi connectivity index (χ0) is 15.4. The molecule has 5 nitrogen and oxygen atoms in total. The second-order valence-electron chi connectivity index (χ2n) is 4.50. The Hall–Kier alpha value is -2.21. The van der Waals surface area contributed by atoms with E-state index in [1.54, 1.807) is 45.2 Å². The van der Waals surface area contributed by atoms with E-state index < -0.39 is 12.1 Å². The maximum atomic E-state index is 12.2. The number of Topliss-reactive ketones (excluding diaryl/α,β-unsaturated/α-hetero) is 1. The number of anilines is 1. The molecule has 1 aromatic carbocycles. The highest BCUT2D eigenvalue weighted by molar-refractivity contribution is 7.10. The quantitative estimate of drug-likeness (QED) is 0.679. The van der Waals surface area contributed by atoms with Crippen LogP contribution in [-0.2, 0) is 4.74 Å². The summed E-state index contributed by atoms with van der Waals surface area (Å²) in [5, 5.41) is 3.54. The molecule has 0 spiro atoms. The largest absolute Gasteiger partial charge is 0.451 e. The number of esters is 1. The lowest BCUT2D eigenvalue weighted by Crippen LogP contribution is -2.24. The molecule has 0 aliphatic rings. The average Bonchev–Trinajstić information content (AvgIpc) is 2.88. The van der Waals surface area contributed by atoms with E-state index in [9.17, 15) is 9.59 Å². The average molecular weight is 304 g/mol. The van der Waals surface area contributed by atoms with E-state index in [1.165, 1.54) is 11.5 Å². The van der Waals surface area contributed by atoms with Gasteiger partial charge >= 0.3 is 5.97 Å². The van der Waals surface area contributed by atoms with Crippen LogP contribution in [0.1, 0.15) is 33.3 Å².